The number of hydrogen-bond acceptors (Lipinski definition) is 6. The van der Waals surface area contributed by atoms with Gasteiger partial charge in [0.15, 0.2) is 6.10 Å². The second kappa shape index (κ2) is 28.6. The van der Waals surface area contributed by atoms with E-state index in [9.17, 15) is 14.2 Å². The molecule has 240 valence electrons. The van der Waals surface area contributed by atoms with Crippen LogP contribution in [0.4, 0.5) is 0 Å². The topological polar surface area (TPSA) is 119 Å². The molecule has 0 rings (SSSR count). The Morgan fingerprint density at radius 2 is 1.10 bits per heavy atom. The van der Waals surface area contributed by atoms with Crippen LogP contribution in [0.1, 0.15) is 149 Å². The van der Waals surface area contributed by atoms with E-state index in [-0.39, 0.29) is 19.4 Å². The van der Waals surface area contributed by atoms with Crippen molar-refractivity contribution in [3.8, 4) is 0 Å². The molecule has 0 aliphatic heterocycles. The van der Waals surface area contributed by atoms with Gasteiger partial charge in [0.2, 0.25) is 0 Å². The van der Waals surface area contributed by atoms with E-state index in [0.29, 0.717) is 6.42 Å². The lowest BCUT2D eigenvalue weighted by Gasteiger charge is -2.18. The summed E-state index contributed by atoms with van der Waals surface area (Å²) in [5.74, 6) is -0.906. The zero-order chi connectivity index (χ0) is 30.4. The van der Waals surface area contributed by atoms with Gasteiger partial charge in [0.1, 0.15) is 6.61 Å². The number of phosphoric ester groups is 1. The third kappa shape index (κ3) is 31.3. The fourth-order valence-corrected chi connectivity index (χ4v) is 4.64. The molecule has 0 heterocycles. The van der Waals surface area contributed by atoms with Gasteiger partial charge in [-0.2, -0.15) is 0 Å². The molecule has 0 unspecified atom stereocenters. The number of unbranched alkanes of at least 4 members (excludes halogenated alkanes) is 15. The Bertz CT molecular complexity index is 731. The monoisotopic (exact) mass is 602 g/mol. The Labute approximate surface area is 249 Å². The Morgan fingerprint density at radius 3 is 1.66 bits per heavy atom. The summed E-state index contributed by atoms with van der Waals surface area (Å²) in [6, 6.07) is 0. The minimum absolute atomic E-state index is 0.198. The lowest BCUT2D eigenvalue weighted by molar-refractivity contribution is -0.161. The van der Waals surface area contributed by atoms with Crippen molar-refractivity contribution in [1.82, 2.24) is 0 Å². The number of carbonyl (C=O) groups excluding carboxylic acids is 2. The van der Waals surface area contributed by atoms with Gasteiger partial charge in [-0.05, 0) is 44.9 Å². The average molecular weight is 603 g/mol. The molecule has 0 aliphatic carbocycles. The zero-order valence-electron chi connectivity index (χ0n) is 25.9. The molecule has 8 nitrogen and oxygen atoms in total. The van der Waals surface area contributed by atoms with E-state index in [2.05, 4.69) is 42.7 Å². The van der Waals surface area contributed by atoms with Crippen molar-refractivity contribution in [3.63, 3.8) is 0 Å². The van der Waals surface area contributed by atoms with Crippen molar-refractivity contribution in [2.45, 2.75) is 155 Å². The molecule has 0 aromatic carbocycles. The van der Waals surface area contributed by atoms with E-state index in [4.69, 9.17) is 19.3 Å². The van der Waals surface area contributed by atoms with Gasteiger partial charge in [-0.3, -0.25) is 14.1 Å². The maximum Gasteiger partial charge on any atom is 0.469 e. The van der Waals surface area contributed by atoms with Gasteiger partial charge in [-0.25, -0.2) is 4.57 Å². The van der Waals surface area contributed by atoms with Crippen molar-refractivity contribution in [2.75, 3.05) is 13.2 Å². The summed E-state index contributed by atoms with van der Waals surface area (Å²) in [5, 5.41) is 0. The first kappa shape index (κ1) is 39.5. The number of allylic oxidation sites excluding steroid dienone is 4. The maximum atomic E-state index is 12.3. The van der Waals surface area contributed by atoms with Crippen LogP contribution in [0.5, 0.6) is 0 Å². The van der Waals surface area contributed by atoms with E-state index in [0.717, 1.165) is 57.8 Å². The Kier molecular flexibility index (Phi) is 27.6. The number of phosphoric acid groups is 1. The molecule has 0 aliphatic rings. The molecule has 0 aromatic heterocycles. The predicted octanol–water partition coefficient (Wildman–Crippen LogP) is 8.90. The summed E-state index contributed by atoms with van der Waals surface area (Å²) < 4.78 is 26.1. The van der Waals surface area contributed by atoms with Crippen LogP contribution in [0.25, 0.3) is 0 Å². The third-order valence-corrected chi connectivity index (χ3v) is 7.21. The highest BCUT2D eigenvalue weighted by Crippen LogP contribution is 2.35. The van der Waals surface area contributed by atoms with Gasteiger partial charge in [-0.1, -0.05) is 115 Å². The molecule has 0 saturated carbocycles. The smallest absolute Gasteiger partial charge is 0.462 e. The maximum absolute atomic E-state index is 12.3. The van der Waals surface area contributed by atoms with Crippen LogP contribution in [0.15, 0.2) is 24.3 Å². The van der Waals surface area contributed by atoms with Crippen molar-refractivity contribution < 1.29 is 37.9 Å². The molecule has 0 radical (unpaired) electrons. The first-order chi connectivity index (χ1) is 19.8. The summed E-state index contributed by atoms with van der Waals surface area (Å²) >= 11 is 0. The highest BCUT2D eigenvalue weighted by molar-refractivity contribution is 7.46. The molecule has 0 amide bonds. The molecule has 0 bridgehead atoms. The number of ether oxygens (including phenoxy) is 2. The number of carbonyl (C=O) groups is 2. The van der Waals surface area contributed by atoms with Gasteiger partial charge in [0.05, 0.1) is 6.61 Å². The molecule has 1 atom stereocenters. The summed E-state index contributed by atoms with van der Waals surface area (Å²) in [6.45, 7) is 3.58. The molecule has 0 fully saturated rings. The highest BCUT2D eigenvalue weighted by atomic mass is 31.2. The summed E-state index contributed by atoms with van der Waals surface area (Å²) in [5.41, 5.74) is 0. The average Bonchev–Trinajstić information content (AvgIpc) is 2.93. The number of rotatable bonds is 29. The Hall–Kier alpha value is -1.47. The van der Waals surface area contributed by atoms with Gasteiger partial charge in [0.25, 0.3) is 0 Å². The lowest BCUT2D eigenvalue weighted by Crippen LogP contribution is -2.29. The van der Waals surface area contributed by atoms with Crippen molar-refractivity contribution in [1.29, 1.82) is 0 Å². The molecule has 9 heteroatoms. The normalized spacial score (nSPS) is 12.8. The fourth-order valence-electron chi connectivity index (χ4n) is 4.28. The van der Waals surface area contributed by atoms with E-state index in [1.807, 2.05) is 0 Å². The molecule has 0 aromatic rings. The van der Waals surface area contributed by atoms with E-state index in [1.54, 1.807) is 0 Å². The molecular weight excluding hydrogens is 543 g/mol. The minimum Gasteiger partial charge on any atom is -0.462 e. The van der Waals surface area contributed by atoms with Crippen molar-refractivity contribution in [3.05, 3.63) is 24.3 Å². The van der Waals surface area contributed by atoms with Gasteiger partial charge >= 0.3 is 19.8 Å². The second-order valence-corrected chi connectivity index (χ2v) is 12.0. The minimum atomic E-state index is -4.74. The predicted molar refractivity (Wildman–Crippen MR) is 165 cm³/mol. The molecule has 41 heavy (non-hydrogen) atoms. The fraction of sp³-hybridized carbons (Fsp3) is 0.812. The van der Waals surface area contributed by atoms with Crippen LogP contribution in [0.2, 0.25) is 0 Å². The first-order valence-corrected chi connectivity index (χ1v) is 17.7. The van der Waals surface area contributed by atoms with Crippen LogP contribution in [-0.2, 0) is 28.2 Å². The van der Waals surface area contributed by atoms with E-state index < -0.39 is 32.5 Å². The van der Waals surface area contributed by atoms with Gasteiger partial charge in [0, 0.05) is 12.8 Å². The van der Waals surface area contributed by atoms with Crippen LogP contribution >= 0.6 is 7.82 Å². The highest BCUT2D eigenvalue weighted by Gasteiger charge is 2.22. The van der Waals surface area contributed by atoms with Crippen LogP contribution < -0.4 is 0 Å². The van der Waals surface area contributed by atoms with Gasteiger partial charge in [-0.15, -0.1) is 0 Å². The quantitative estimate of drug-likeness (QED) is 0.0377. The summed E-state index contributed by atoms with van der Waals surface area (Å²) in [6.07, 6.45) is 29.1. The summed E-state index contributed by atoms with van der Waals surface area (Å²) in [4.78, 5) is 42.3. The molecular formula is C32H59O8P. The second-order valence-electron chi connectivity index (χ2n) is 10.8. The van der Waals surface area contributed by atoms with Gasteiger partial charge < -0.3 is 19.3 Å². The molecule has 2 N–H and O–H groups in total. The van der Waals surface area contributed by atoms with Crippen molar-refractivity contribution >= 4 is 19.8 Å². The third-order valence-electron chi connectivity index (χ3n) is 6.72. The summed E-state index contributed by atoms with van der Waals surface area (Å²) in [7, 11) is -4.74. The molecule has 0 spiro atoms. The SMILES string of the molecule is CCCCC/C=C/C/C=C/CCCCCCCC(=O)O[C@H](COC(=O)CCCCCCCCCC)COP(=O)(O)O. The number of hydrogen-bond donors (Lipinski definition) is 2. The first-order valence-electron chi connectivity index (χ1n) is 16.1. The zero-order valence-corrected chi connectivity index (χ0v) is 26.8. The van der Waals surface area contributed by atoms with Crippen LogP contribution in [0, 0.1) is 0 Å². The lowest BCUT2D eigenvalue weighted by atomic mass is 10.1. The van der Waals surface area contributed by atoms with Crippen molar-refractivity contribution in [2.24, 2.45) is 0 Å². The number of esters is 2. The van der Waals surface area contributed by atoms with E-state index in [1.165, 1.54) is 57.8 Å². The Morgan fingerprint density at radius 1 is 0.634 bits per heavy atom. The van der Waals surface area contributed by atoms with Crippen LogP contribution in [-0.4, -0.2) is 41.0 Å². The largest absolute Gasteiger partial charge is 0.469 e. The molecule has 0 saturated heterocycles. The Balaban J connectivity index is 4.05. The standard InChI is InChI=1S/C32H59O8P/c1-3-5-7-9-11-13-14-15-16-17-18-19-21-23-25-27-32(34)40-30(29-39-41(35,36)37)28-38-31(33)26-24-22-20-12-10-8-6-4-2/h11,13,15-16,30H,3-10,12,14,17-29H2,1-2H3,(H2,35,36,37)/b13-11+,16-15+/t30-/m1/s1. The van der Waals surface area contributed by atoms with E-state index >= 15 is 0 Å². The van der Waals surface area contributed by atoms with Crippen LogP contribution in [0.3, 0.4) is 0 Å².